The Labute approximate surface area is 81.6 Å². The average Bonchev–Trinajstić information content (AvgIpc) is 2.68. The Hall–Kier alpha value is -0.740. The monoisotopic (exact) mass is 196 g/mol. The summed E-state index contributed by atoms with van der Waals surface area (Å²) in [5.74, 6) is -0.0128. The number of carbonyl (C=O) groups is 2. The van der Waals surface area contributed by atoms with E-state index in [1.54, 1.807) is 0 Å². The van der Waals surface area contributed by atoms with Gasteiger partial charge in [-0.1, -0.05) is 0 Å². The summed E-state index contributed by atoms with van der Waals surface area (Å²) in [6.45, 7) is 0.777. The maximum atomic E-state index is 11.6. The molecule has 14 heavy (non-hydrogen) atoms. The standard InChI is InChI=1S/C10H12O4/c11-6-3-7-8(12)5-14-10(7)1-2-13-9(10)4-6/h7,9H,1-5H2/t7-,9+,10+/m0/s1. The Balaban J connectivity index is 2.01. The van der Waals surface area contributed by atoms with E-state index in [2.05, 4.69) is 0 Å². The van der Waals surface area contributed by atoms with E-state index in [9.17, 15) is 9.59 Å². The predicted octanol–water partition coefficient (Wildman–Crippen LogP) is 0.0925. The highest BCUT2D eigenvalue weighted by Gasteiger charge is 2.60. The summed E-state index contributed by atoms with van der Waals surface area (Å²) in [7, 11) is 0. The van der Waals surface area contributed by atoms with Gasteiger partial charge < -0.3 is 9.47 Å². The van der Waals surface area contributed by atoms with Gasteiger partial charge >= 0.3 is 0 Å². The van der Waals surface area contributed by atoms with Crippen molar-refractivity contribution in [3.63, 3.8) is 0 Å². The number of hydrogen-bond acceptors (Lipinski definition) is 4. The van der Waals surface area contributed by atoms with Crippen molar-refractivity contribution < 1.29 is 19.1 Å². The molecular weight excluding hydrogens is 184 g/mol. The first-order valence-corrected chi connectivity index (χ1v) is 5.02. The molecule has 0 unspecified atom stereocenters. The first-order chi connectivity index (χ1) is 6.72. The highest BCUT2D eigenvalue weighted by atomic mass is 16.6. The minimum atomic E-state index is -0.439. The molecule has 2 heterocycles. The first kappa shape index (κ1) is 8.56. The normalized spacial score (nSPS) is 46.6. The molecule has 0 aromatic heterocycles. The number of ketones is 2. The average molecular weight is 196 g/mol. The molecule has 3 aliphatic rings. The molecule has 2 saturated heterocycles. The van der Waals surface area contributed by atoms with Gasteiger partial charge in [-0.05, 0) is 0 Å². The molecule has 1 saturated carbocycles. The van der Waals surface area contributed by atoms with Gasteiger partial charge in [0.1, 0.15) is 18.0 Å². The van der Waals surface area contributed by atoms with Gasteiger partial charge in [-0.2, -0.15) is 0 Å². The molecule has 0 aromatic carbocycles. The molecular formula is C10H12O4. The maximum absolute atomic E-state index is 11.6. The zero-order valence-corrected chi connectivity index (χ0v) is 7.82. The van der Waals surface area contributed by atoms with Gasteiger partial charge in [0.25, 0.3) is 0 Å². The number of carbonyl (C=O) groups excluding carboxylic acids is 2. The van der Waals surface area contributed by atoms with Crippen molar-refractivity contribution in [2.24, 2.45) is 5.92 Å². The summed E-state index contributed by atoms with van der Waals surface area (Å²) in [5, 5.41) is 0. The van der Waals surface area contributed by atoms with Crippen LogP contribution in [0.25, 0.3) is 0 Å². The lowest BCUT2D eigenvalue weighted by Crippen LogP contribution is -2.50. The van der Waals surface area contributed by atoms with Crippen molar-refractivity contribution in [2.45, 2.75) is 31.0 Å². The fourth-order valence-corrected chi connectivity index (χ4v) is 2.94. The fourth-order valence-electron chi connectivity index (χ4n) is 2.94. The van der Waals surface area contributed by atoms with E-state index in [0.717, 1.165) is 6.42 Å². The third-order valence-corrected chi connectivity index (χ3v) is 3.66. The summed E-state index contributed by atoms with van der Waals surface area (Å²) < 4.78 is 11.1. The van der Waals surface area contributed by atoms with Crippen molar-refractivity contribution in [1.29, 1.82) is 0 Å². The molecule has 0 radical (unpaired) electrons. The molecule has 0 bridgehead atoms. The van der Waals surface area contributed by atoms with Crippen molar-refractivity contribution >= 4 is 11.6 Å². The van der Waals surface area contributed by atoms with Gasteiger partial charge in [0.05, 0.1) is 12.0 Å². The zero-order valence-electron chi connectivity index (χ0n) is 7.82. The van der Waals surface area contributed by atoms with Gasteiger partial charge in [0, 0.05) is 25.9 Å². The summed E-state index contributed by atoms with van der Waals surface area (Å²) in [6, 6.07) is 0. The Morgan fingerprint density at radius 1 is 1.29 bits per heavy atom. The minimum absolute atomic E-state index is 0.0774. The van der Waals surface area contributed by atoms with Crippen LogP contribution >= 0.6 is 0 Å². The van der Waals surface area contributed by atoms with Gasteiger partial charge in [0.2, 0.25) is 0 Å². The zero-order chi connectivity index (χ0) is 9.76. The molecule has 1 aliphatic carbocycles. The summed E-state index contributed by atoms with van der Waals surface area (Å²) in [4.78, 5) is 23.0. The van der Waals surface area contributed by atoms with Crippen molar-refractivity contribution in [3.8, 4) is 0 Å². The summed E-state index contributed by atoms with van der Waals surface area (Å²) in [5.41, 5.74) is -0.439. The Morgan fingerprint density at radius 2 is 2.14 bits per heavy atom. The van der Waals surface area contributed by atoms with Crippen LogP contribution in [-0.2, 0) is 19.1 Å². The summed E-state index contributed by atoms with van der Waals surface area (Å²) >= 11 is 0. The second-order valence-electron chi connectivity index (χ2n) is 4.32. The van der Waals surface area contributed by atoms with Crippen LogP contribution in [0.5, 0.6) is 0 Å². The SMILES string of the molecule is O=C1C[C@H]2OCC[C@]23OCC(=O)[C@@H]3C1. The Bertz CT molecular complexity index is 311. The molecule has 0 amide bonds. The molecule has 3 rings (SSSR count). The molecule has 4 heteroatoms. The molecule has 0 N–H and O–H groups in total. The molecule has 3 fully saturated rings. The van der Waals surface area contributed by atoms with Crippen LogP contribution in [0.4, 0.5) is 0 Å². The van der Waals surface area contributed by atoms with Crippen LogP contribution < -0.4 is 0 Å². The van der Waals surface area contributed by atoms with E-state index >= 15 is 0 Å². The second kappa shape index (κ2) is 2.64. The van der Waals surface area contributed by atoms with Gasteiger partial charge in [-0.15, -0.1) is 0 Å². The van der Waals surface area contributed by atoms with Crippen molar-refractivity contribution in [1.82, 2.24) is 0 Å². The topological polar surface area (TPSA) is 52.6 Å². The van der Waals surface area contributed by atoms with Crippen LogP contribution in [0.2, 0.25) is 0 Å². The van der Waals surface area contributed by atoms with Gasteiger partial charge in [-0.25, -0.2) is 0 Å². The Morgan fingerprint density at radius 3 is 3.00 bits per heavy atom. The van der Waals surface area contributed by atoms with Crippen LogP contribution in [-0.4, -0.2) is 36.5 Å². The fraction of sp³-hybridized carbons (Fsp3) is 0.800. The lowest BCUT2D eigenvalue weighted by atomic mass is 9.72. The molecule has 0 aromatic rings. The molecule has 1 spiro atoms. The molecule has 3 atom stereocenters. The van der Waals surface area contributed by atoms with E-state index in [1.807, 2.05) is 0 Å². The highest BCUT2D eigenvalue weighted by Crippen LogP contribution is 2.47. The van der Waals surface area contributed by atoms with E-state index in [-0.39, 0.29) is 30.2 Å². The lowest BCUT2D eigenvalue weighted by Gasteiger charge is -2.36. The Kier molecular flexibility index (Phi) is 1.61. The van der Waals surface area contributed by atoms with Crippen LogP contribution in [0, 0.1) is 5.92 Å². The third-order valence-electron chi connectivity index (χ3n) is 3.66. The van der Waals surface area contributed by atoms with E-state index in [1.165, 1.54) is 0 Å². The quantitative estimate of drug-likeness (QED) is 0.551. The van der Waals surface area contributed by atoms with Gasteiger partial charge in [0.15, 0.2) is 5.78 Å². The van der Waals surface area contributed by atoms with E-state index in [4.69, 9.17) is 9.47 Å². The van der Waals surface area contributed by atoms with Crippen LogP contribution in [0.1, 0.15) is 19.3 Å². The third kappa shape index (κ3) is 0.902. The number of hydrogen-bond donors (Lipinski definition) is 0. The number of ether oxygens (including phenoxy) is 2. The number of rotatable bonds is 0. The van der Waals surface area contributed by atoms with Crippen molar-refractivity contribution in [3.05, 3.63) is 0 Å². The van der Waals surface area contributed by atoms with E-state index < -0.39 is 5.60 Å². The first-order valence-electron chi connectivity index (χ1n) is 5.02. The molecule has 76 valence electrons. The minimum Gasteiger partial charge on any atom is -0.375 e. The largest absolute Gasteiger partial charge is 0.375 e. The number of Topliss-reactive ketones (excluding diaryl/α,β-unsaturated/α-hetero) is 2. The predicted molar refractivity (Wildman–Crippen MR) is 45.8 cm³/mol. The maximum Gasteiger partial charge on any atom is 0.164 e. The smallest absolute Gasteiger partial charge is 0.164 e. The van der Waals surface area contributed by atoms with Crippen molar-refractivity contribution in [2.75, 3.05) is 13.2 Å². The van der Waals surface area contributed by atoms with Crippen LogP contribution in [0.3, 0.4) is 0 Å². The molecule has 4 nitrogen and oxygen atoms in total. The lowest BCUT2D eigenvalue weighted by molar-refractivity contribution is -0.141. The molecule has 2 aliphatic heterocycles. The summed E-state index contributed by atoms with van der Waals surface area (Å²) in [6.07, 6.45) is 1.38. The highest BCUT2D eigenvalue weighted by molar-refractivity contribution is 5.93. The second-order valence-corrected chi connectivity index (χ2v) is 4.32. The van der Waals surface area contributed by atoms with Crippen LogP contribution in [0.15, 0.2) is 0 Å². The van der Waals surface area contributed by atoms with E-state index in [0.29, 0.717) is 19.4 Å². The van der Waals surface area contributed by atoms with Gasteiger partial charge in [-0.3, -0.25) is 9.59 Å².